The van der Waals surface area contributed by atoms with Crippen molar-refractivity contribution in [2.75, 3.05) is 19.3 Å². The molecule has 0 saturated heterocycles. The minimum Gasteiger partial charge on any atom is -0.340 e. The Morgan fingerprint density at radius 2 is 1.69 bits per heavy atom. The zero-order valence-electron chi connectivity index (χ0n) is 16.2. The van der Waals surface area contributed by atoms with E-state index in [1.165, 1.54) is 18.2 Å². The van der Waals surface area contributed by atoms with Crippen LogP contribution in [0.1, 0.15) is 40.1 Å². The normalized spacial score (nSPS) is 14.1. The molecule has 2 aromatic rings. The van der Waals surface area contributed by atoms with Crippen LogP contribution < -0.4 is 0 Å². The smallest absolute Gasteiger partial charge is 0.286 e. The van der Waals surface area contributed by atoms with Crippen molar-refractivity contribution in [1.29, 1.82) is 0 Å². The summed E-state index contributed by atoms with van der Waals surface area (Å²) < 4.78 is 27.5. The maximum absolute atomic E-state index is 12.7. The van der Waals surface area contributed by atoms with Gasteiger partial charge in [-0.2, -0.15) is 8.42 Å². The maximum Gasteiger partial charge on any atom is 0.286 e. The monoisotopic (exact) mass is 416 g/mol. The first kappa shape index (κ1) is 20.7. The highest BCUT2D eigenvalue weighted by Gasteiger charge is 2.36. The average Bonchev–Trinajstić information content (AvgIpc) is 2.68. The van der Waals surface area contributed by atoms with Crippen molar-refractivity contribution in [1.82, 2.24) is 9.96 Å². The fourth-order valence-corrected chi connectivity index (χ4v) is 3.65. The lowest BCUT2D eigenvalue weighted by atomic mass is 9.92. The summed E-state index contributed by atoms with van der Waals surface area (Å²) in [4.78, 5) is 39.3. The Bertz CT molecular complexity index is 1130. The number of likely N-dealkylation sites (N-methyl/N-ethyl adjacent to an activating group) is 1. The third-order valence-electron chi connectivity index (χ3n) is 4.59. The zero-order valence-corrected chi connectivity index (χ0v) is 17.0. The molecule has 0 radical (unpaired) electrons. The van der Waals surface area contributed by atoms with E-state index in [0.717, 1.165) is 6.26 Å². The zero-order chi connectivity index (χ0) is 21.3. The van der Waals surface area contributed by atoms with E-state index in [4.69, 9.17) is 0 Å². The Labute approximate surface area is 168 Å². The molecule has 8 nitrogen and oxygen atoms in total. The lowest BCUT2D eigenvalue weighted by molar-refractivity contribution is -0.125. The SMILES string of the molecule is CCN(CC)C(=O)/C=C/c1ccc2c3c(cccc13)C(=O)N(OS(C)(=O)=O)C2=O. The van der Waals surface area contributed by atoms with Crippen LogP contribution in [0.2, 0.25) is 0 Å². The van der Waals surface area contributed by atoms with Crippen molar-refractivity contribution in [2.45, 2.75) is 13.8 Å². The van der Waals surface area contributed by atoms with Gasteiger partial charge in [-0.1, -0.05) is 18.2 Å². The molecule has 0 bridgehead atoms. The van der Waals surface area contributed by atoms with Gasteiger partial charge in [-0.15, -0.1) is 9.35 Å². The Morgan fingerprint density at radius 3 is 2.28 bits per heavy atom. The molecule has 9 heteroatoms. The summed E-state index contributed by atoms with van der Waals surface area (Å²) in [6.07, 6.45) is 3.84. The molecule has 3 amide bonds. The molecule has 1 heterocycles. The summed E-state index contributed by atoms with van der Waals surface area (Å²) in [5.41, 5.74) is 0.946. The van der Waals surface area contributed by atoms with Gasteiger partial charge >= 0.3 is 0 Å². The highest BCUT2D eigenvalue weighted by Crippen LogP contribution is 2.33. The number of imide groups is 1. The van der Waals surface area contributed by atoms with E-state index in [2.05, 4.69) is 4.28 Å². The summed E-state index contributed by atoms with van der Waals surface area (Å²) in [6, 6.07) is 7.98. The first-order valence-electron chi connectivity index (χ1n) is 8.99. The number of rotatable bonds is 6. The van der Waals surface area contributed by atoms with Crippen LogP contribution in [-0.2, 0) is 19.2 Å². The van der Waals surface area contributed by atoms with Gasteiger partial charge in [0.2, 0.25) is 5.91 Å². The first-order chi connectivity index (χ1) is 13.7. The minimum atomic E-state index is -4.07. The van der Waals surface area contributed by atoms with Crippen molar-refractivity contribution >= 4 is 44.7 Å². The third-order valence-corrected chi connectivity index (χ3v) is 5.01. The first-order valence-corrected chi connectivity index (χ1v) is 10.8. The van der Waals surface area contributed by atoms with E-state index in [1.54, 1.807) is 29.2 Å². The summed E-state index contributed by atoms with van der Waals surface area (Å²) in [6.45, 7) is 4.95. The number of carbonyl (C=O) groups is 3. The fourth-order valence-electron chi connectivity index (χ4n) is 3.25. The summed E-state index contributed by atoms with van der Waals surface area (Å²) in [5, 5.41) is 1.25. The van der Waals surface area contributed by atoms with Crippen molar-refractivity contribution in [3.05, 3.63) is 53.1 Å². The maximum atomic E-state index is 12.7. The second kappa shape index (κ2) is 7.76. The minimum absolute atomic E-state index is 0.143. The Morgan fingerprint density at radius 1 is 1.07 bits per heavy atom. The van der Waals surface area contributed by atoms with Crippen LogP contribution >= 0.6 is 0 Å². The Kier molecular flexibility index (Phi) is 5.54. The second-order valence-corrected chi connectivity index (χ2v) is 8.02. The molecule has 0 atom stereocenters. The molecule has 3 rings (SSSR count). The van der Waals surface area contributed by atoms with Crippen LogP contribution in [-0.4, -0.2) is 55.4 Å². The Balaban J connectivity index is 2.09. The van der Waals surface area contributed by atoms with Crippen LogP contribution in [0.15, 0.2) is 36.4 Å². The molecule has 0 aliphatic carbocycles. The standard InChI is InChI=1S/C20H20N2O6S/c1-4-21(5-2)17(23)12-10-13-9-11-16-18-14(13)7-6-8-15(18)19(24)22(20(16)25)28-29(3,26)27/h6-12H,4-5H2,1-3H3/b12-10+. The number of amides is 3. The Hall–Kier alpha value is -3.04. The van der Waals surface area contributed by atoms with Crippen LogP contribution in [0.5, 0.6) is 0 Å². The molecule has 29 heavy (non-hydrogen) atoms. The quantitative estimate of drug-likeness (QED) is 0.529. The predicted octanol–water partition coefficient (Wildman–Crippen LogP) is 2.21. The van der Waals surface area contributed by atoms with E-state index in [0.29, 0.717) is 29.4 Å². The van der Waals surface area contributed by atoms with Crippen LogP contribution in [0, 0.1) is 0 Å². The molecule has 0 aromatic heterocycles. The van der Waals surface area contributed by atoms with Gasteiger partial charge < -0.3 is 4.90 Å². The third kappa shape index (κ3) is 3.92. The van der Waals surface area contributed by atoms with Gasteiger partial charge in [0, 0.05) is 24.6 Å². The summed E-state index contributed by atoms with van der Waals surface area (Å²) >= 11 is 0. The number of benzene rings is 2. The summed E-state index contributed by atoms with van der Waals surface area (Å²) in [7, 11) is -4.07. The largest absolute Gasteiger partial charge is 0.340 e. The van der Waals surface area contributed by atoms with Gasteiger partial charge in [0.1, 0.15) is 0 Å². The van der Waals surface area contributed by atoms with Crippen molar-refractivity contribution in [3.8, 4) is 0 Å². The lowest BCUT2D eigenvalue weighted by Gasteiger charge is -2.25. The van der Waals surface area contributed by atoms with E-state index < -0.39 is 21.9 Å². The van der Waals surface area contributed by atoms with Crippen LogP contribution in [0.3, 0.4) is 0 Å². The fraction of sp³-hybridized carbons (Fsp3) is 0.250. The molecule has 0 N–H and O–H groups in total. The number of carbonyl (C=O) groups excluding carboxylic acids is 3. The van der Waals surface area contributed by atoms with Crippen LogP contribution in [0.4, 0.5) is 0 Å². The number of hydrogen-bond donors (Lipinski definition) is 0. The lowest BCUT2D eigenvalue weighted by Crippen LogP contribution is -2.41. The topological polar surface area (TPSA) is 101 Å². The van der Waals surface area contributed by atoms with Crippen LogP contribution in [0.25, 0.3) is 16.8 Å². The predicted molar refractivity (Wildman–Crippen MR) is 107 cm³/mol. The van der Waals surface area contributed by atoms with Crippen molar-refractivity contribution in [2.24, 2.45) is 0 Å². The van der Waals surface area contributed by atoms with Gasteiger partial charge in [0.15, 0.2) is 0 Å². The van der Waals surface area contributed by atoms with Gasteiger partial charge in [0.25, 0.3) is 21.9 Å². The molecular formula is C20H20N2O6S. The highest BCUT2D eigenvalue weighted by atomic mass is 32.2. The molecule has 0 spiro atoms. The van der Waals surface area contributed by atoms with Gasteiger partial charge in [-0.05, 0) is 43.0 Å². The van der Waals surface area contributed by atoms with Crippen molar-refractivity contribution in [3.63, 3.8) is 0 Å². The molecule has 2 aromatic carbocycles. The van der Waals surface area contributed by atoms with Crippen molar-refractivity contribution < 1.29 is 27.1 Å². The number of hydrogen-bond acceptors (Lipinski definition) is 6. The molecular weight excluding hydrogens is 396 g/mol. The molecule has 0 saturated carbocycles. The van der Waals surface area contributed by atoms with E-state index >= 15 is 0 Å². The van der Waals surface area contributed by atoms with E-state index in [9.17, 15) is 22.8 Å². The molecule has 0 unspecified atom stereocenters. The van der Waals surface area contributed by atoms with Gasteiger partial charge in [0.05, 0.1) is 17.4 Å². The second-order valence-electron chi connectivity index (χ2n) is 6.46. The van der Waals surface area contributed by atoms with E-state index in [1.807, 2.05) is 13.8 Å². The average molecular weight is 416 g/mol. The molecule has 1 aliphatic heterocycles. The summed E-state index contributed by atoms with van der Waals surface area (Å²) in [5.74, 6) is -1.87. The highest BCUT2D eigenvalue weighted by molar-refractivity contribution is 7.85. The molecule has 152 valence electrons. The number of nitrogens with zero attached hydrogens (tertiary/aromatic N) is 2. The molecule has 0 fully saturated rings. The van der Waals surface area contributed by atoms with Gasteiger partial charge in [-0.25, -0.2) is 0 Å². The van der Waals surface area contributed by atoms with Gasteiger partial charge in [-0.3, -0.25) is 14.4 Å². The van der Waals surface area contributed by atoms with E-state index in [-0.39, 0.29) is 22.1 Å². The molecule has 1 aliphatic rings. The number of hydroxylamine groups is 2.